The van der Waals surface area contributed by atoms with E-state index in [1.54, 1.807) is 26.8 Å². The van der Waals surface area contributed by atoms with Crippen molar-refractivity contribution < 1.29 is 32.2 Å². The van der Waals surface area contributed by atoms with Gasteiger partial charge >= 0.3 is 12.3 Å². The number of amides is 1. The van der Waals surface area contributed by atoms with E-state index in [0.29, 0.717) is 11.6 Å². The van der Waals surface area contributed by atoms with Crippen LogP contribution in [0.5, 0.6) is 0 Å². The molecule has 0 saturated carbocycles. The van der Waals surface area contributed by atoms with Gasteiger partial charge in [0.2, 0.25) is 0 Å². The molecule has 35 heavy (non-hydrogen) atoms. The lowest BCUT2D eigenvalue weighted by Crippen LogP contribution is -2.61. The number of fused-ring (bicyclic) bond motifs is 2. The summed E-state index contributed by atoms with van der Waals surface area (Å²) in [5.41, 5.74) is -1.21. The van der Waals surface area contributed by atoms with Crippen LogP contribution >= 0.6 is 23.2 Å². The molecule has 4 rings (SSSR count). The smallest absolute Gasteiger partial charge is 0.417 e. The molecule has 2 aliphatic heterocycles. The van der Waals surface area contributed by atoms with Gasteiger partial charge in [-0.3, -0.25) is 4.79 Å². The maximum Gasteiger partial charge on any atom is 0.417 e. The average molecular weight is 528 g/mol. The zero-order chi connectivity index (χ0) is 25.8. The number of allylic oxidation sites excluding steroid dienone is 2. The van der Waals surface area contributed by atoms with Crippen molar-refractivity contribution >= 4 is 40.7 Å². The van der Waals surface area contributed by atoms with Crippen molar-refractivity contribution in [3.63, 3.8) is 0 Å². The van der Waals surface area contributed by atoms with Crippen molar-refractivity contribution in [3.8, 4) is 0 Å². The Balaban J connectivity index is 1.56. The highest BCUT2D eigenvalue weighted by Gasteiger charge is 2.52. The van der Waals surface area contributed by atoms with Crippen LogP contribution in [0.2, 0.25) is 10.0 Å². The van der Waals surface area contributed by atoms with Crippen LogP contribution in [0.4, 0.5) is 18.0 Å². The Hall–Kier alpha value is -2.55. The minimum Gasteiger partial charge on any atom is -0.444 e. The van der Waals surface area contributed by atoms with Crippen LogP contribution in [0.1, 0.15) is 47.8 Å². The molecule has 10 heteroatoms. The van der Waals surface area contributed by atoms with Gasteiger partial charge in [-0.25, -0.2) is 4.79 Å². The van der Waals surface area contributed by atoms with E-state index in [0.717, 1.165) is 17.7 Å². The van der Waals surface area contributed by atoms with Crippen LogP contribution in [0.3, 0.4) is 0 Å². The Morgan fingerprint density at radius 1 is 1.03 bits per heavy atom. The van der Waals surface area contributed by atoms with Gasteiger partial charge in [-0.05, 0) is 67.8 Å². The Morgan fingerprint density at radius 2 is 1.66 bits per heavy atom. The molecule has 0 bridgehead atoms. The first-order chi connectivity index (χ1) is 16.2. The number of halogens is 5. The van der Waals surface area contributed by atoms with Crippen molar-refractivity contribution in [2.45, 2.75) is 44.8 Å². The predicted molar refractivity (Wildman–Crippen MR) is 126 cm³/mol. The number of rotatable bonds is 3. The Labute approximate surface area is 210 Å². The van der Waals surface area contributed by atoms with Crippen molar-refractivity contribution in [2.24, 2.45) is 0 Å². The number of carbonyl (C=O) groups is 2. The highest BCUT2D eigenvalue weighted by Crippen LogP contribution is 2.44. The van der Waals surface area contributed by atoms with Gasteiger partial charge in [-0.1, -0.05) is 35.3 Å². The molecule has 0 N–H and O–H groups in total. The fourth-order valence-electron chi connectivity index (χ4n) is 4.14. The summed E-state index contributed by atoms with van der Waals surface area (Å²) in [5, 5.41) is 0.0481. The summed E-state index contributed by atoms with van der Waals surface area (Å²) >= 11 is 11.7. The van der Waals surface area contributed by atoms with Crippen molar-refractivity contribution in [2.75, 3.05) is 13.1 Å². The van der Waals surface area contributed by atoms with E-state index >= 15 is 0 Å². The summed E-state index contributed by atoms with van der Waals surface area (Å²) < 4.78 is 52.6. The lowest BCUT2D eigenvalue weighted by molar-refractivity contribution is -0.137. The zero-order valence-corrected chi connectivity index (χ0v) is 20.6. The number of ketones is 1. The van der Waals surface area contributed by atoms with Crippen molar-refractivity contribution in [1.29, 1.82) is 0 Å². The van der Waals surface area contributed by atoms with Gasteiger partial charge in [0.15, 0.2) is 5.78 Å². The first-order valence-corrected chi connectivity index (χ1v) is 11.5. The standard InChI is InChI=1S/C25H22Cl2F3NO4/c1-23(2,3)35-22(33)31-12-24(13-31)19-5-4-14(6-16(19)11-34-24)21(32)10-20(25(28,29)30)15-7-17(26)9-18(27)8-15/h4-10H,11-13H2,1-3H3/b20-10-. The fourth-order valence-corrected chi connectivity index (χ4v) is 4.67. The number of hydrogen-bond acceptors (Lipinski definition) is 4. The summed E-state index contributed by atoms with van der Waals surface area (Å²) in [6.45, 7) is 6.09. The second-order valence-electron chi connectivity index (χ2n) is 9.57. The molecule has 5 nitrogen and oxygen atoms in total. The normalized spacial score (nSPS) is 17.3. The lowest BCUT2D eigenvalue weighted by Gasteiger charge is -2.47. The molecule has 0 unspecified atom stereocenters. The number of likely N-dealkylation sites (tertiary alicyclic amines) is 1. The minimum absolute atomic E-state index is 0.0241. The van der Waals surface area contributed by atoms with E-state index in [1.165, 1.54) is 23.1 Å². The van der Waals surface area contributed by atoms with Gasteiger partial charge in [0.1, 0.15) is 11.2 Å². The molecule has 186 valence electrons. The van der Waals surface area contributed by atoms with Gasteiger partial charge in [0.25, 0.3) is 0 Å². The Morgan fingerprint density at radius 3 is 2.23 bits per heavy atom. The molecule has 1 amide bonds. The van der Waals surface area contributed by atoms with Crippen LogP contribution in [0.15, 0.2) is 42.5 Å². The van der Waals surface area contributed by atoms with Gasteiger partial charge in [0, 0.05) is 15.6 Å². The van der Waals surface area contributed by atoms with Crippen LogP contribution in [0.25, 0.3) is 5.57 Å². The number of benzene rings is 2. The third kappa shape index (κ3) is 5.34. The van der Waals surface area contributed by atoms with E-state index < -0.39 is 34.8 Å². The summed E-state index contributed by atoms with van der Waals surface area (Å²) in [7, 11) is 0. The molecule has 0 aromatic heterocycles. The highest BCUT2D eigenvalue weighted by atomic mass is 35.5. The molecule has 2 aromatic carbocycles. The number of hydrogen-bond donors (Lipinski definition) is 0. The molecule has 1 saturated heterocycles. The third-order valence-corrected chi connectivity index (χ3v) is 6.12. The van der Waals surface area contributed by atoms with E-state index in [4.69, 9.17) is 32.7 Å². The monoisotopic (exact) mass is 527 g/mol. The molecule has 2 aliphatic rings. The second-order valence-corrected chi connectivity index (χ2v) is 10.4. The van der Waals surface area contributed by atoms with E-state index in [-0.39, 0.29) is 40.9 Å². The molecular formula is C25H22Cl2F3NO4. The predicted octanol–water partition coefficient (Wildman–Crippen LogP) is 6.80. The summed E-state index contributed by atoms with van der Waals surface area (Å²) in [5.74, 6) is -0.818. The molecule has 2 aromatic rings. The molecule has 1 spiro atoms. The first kappa shape index (κ1) is 25.5. The highest BCUT2D eigenvalue weighted by molar-refractivity contribution is 6.35. The average Bonchev–Trinajstić information content (AvgIpc) is 3.06. The second kappa shape index (κ2) is 8.84. The SMILES string of the molecule is CC(C)(C)OC(=O)N1CC2(C1)OCc1cc(C(=O)/C=C(/c3cc(Cl)cc(Cl)c3)C(F)(F)F)ccc12. The maximum atomic E-state index is 13.8. The summed E-state index contributed by atoms with van der Waals surface area (Å²) in [6, 6.07) is 8.17. The van der Waals surface area contributed by atoms with E-state index in [2.05, 4.69) is 0 Å². The fraction of sp³-hybridized carbons (Fsp3) is 0.360. The largest absolute Gasteiger partial charge is 0.444 e. The van der Waals surface area contributed by atoms with E-state index in [9.17, 15) is 22.8 Å². The quantitative estimate of drug-likeness (QED) is 0.325. The van der Waals surface area contributed by atoms with Gasteiger partial charge in [-0.2, -0.15) is 13.2 Å². The summed E-state index contributed by atoms with van der Waals surface area (Å²) in [4.78, 5) is 26.6. The van der Waals surface area contributed by atoms with Crippen LogP contribution in [-0.2, 0) is 21.7 Å². The number of alkyl halides is 3. The van der Waals surface area contributed by atoms with Crippen molar-refractivity contribution in [3.05, 3.63) is 74.8 Å². The first-order valence-electron chi connectivity index (χ1n) is 10.7. The summed E-state index contributed by atoms with van der Waals surface area (Å²) in [6.07, 6.45) is -4.70. The molecular weight excluding hydrogens is 506 g/mol. The molecule has 0 aliphatic carbocycles. The van der Waals surface area contributed by atoms with Crippen LogP contribution in [0, 0.1) is 0 Å². The molecule has 2 heterocycles. The minimum atomic E-state index is -4.80. The topological polar surface area (TPSA) is 55.8 Å². The number of carbonyl (C=O) groups excluding carboxylic acids is 2. The Kier molecular flexibility index (Phi) is 6.45. The Bertz CT molecular complexity index is 1210. The van der Waals surface area contributed by atoms with Gasteiger partial charge in [0.05, 0.1) is 25.3 Å². The molecule has 1 fully saturated rings. The number of ether oxygens (including phenoxy) is 2. The molecule has 0 radical (unpaired) electrons. The zero-order valence-electron chi connectivity index (χ0n) is 19.1. The van der Waals surface area contributed by atoms with Crippen LogP contribution in [-0.4, -0.2) is 41.6 Å². The molecule has 0 atom stereocenters. The van der Waals surface area contributed by atoms with Gasteiger partial charge < -0.3 is 14.4 Å². The number of nitrogens with zero attached hydrogens (tertiary/aromatic N) is 1. The third-order valence-electron chi connectivity index (χ3n) is 5.68. The maximum absolute atomic E-state index is 13.8. The van der Waals surface area contributed by atoms with E-state index in [1.807, 2.05) is 0 Å². The van der Waals surface area contributed by atoms with Gasteiger partial charge in [-0.15, -0.1) is 0 Å². The van der Waals surface area contributed by atoms with Crippen LogP contribution < -0.4 is 0 Å². The lowest BCUT2D eigenvalue weighted by atomic mass is 9.84. The van der Waals surface area contributed by atoms with Crippen molar-refractivity contribution in [1.82, 2.24) is 4.90 Å².